The Balaban J connectivity index is 1.49. The van der Waals surface area contributed by atoms with Gasteiger partial charge in [0.05, 0.1) is 0 Å². The fraction of sp³-hybridized carbons (Fsp3) is 0.650. The minimum atomic E-state index is 0.208. The molecule has 0 saturated carbocycles. The van der Waals surface area contributed by atoms with Gasteiger partial charge in [0.15, 0.2) is 0 Å². The maximum atomic E-state index is 12.7. The van der Waals surface area contributed by atoms with E-state index >= 15 is 0 Å². The summed E-state index contributed by atoms with van der Waals surface area (Å²) in [5, 5.41) is 0. The quantitative estimate of drug-likeness (QED) is 0.850. The van der Waals surface area contributed by atoms with Crippen molar-refractivity contribution in [3.8, 4) is 0 Å². The van der Waals surface area contributed by atoms with Crippen LogP contribution in [0.25, 0.3) is 0 Å². The number of benzene rings is 1. The lowest BCUT2D eigenvalue weighted by molar-refractivity contribution is 0.0481. The first-order valence-electron chi connectivity index (χ1n) is 9.50. The van der Waals surface area contributed by atoms with Gasteiger partial charge in [-0.25, -0.2) is 0 Å². The van der Waals surface area contributed by atoms with Gasteiger partial charge in [0.25, 0.3) is 5.91 Å². The molecule has 24 heavy (non-hydrogen) atoms. The molecule has 0 spiro atoms. The number of nitrogens with zero attached hydrogens (tertiary/aromatic N) is 3. The van der Waals surface area contributed by atoms with Crippen molar-refractivity contribution in [1.82, 2.24) is 14.7 Å². The van der Waals surface area contributed by atoms with Gasteiger partial charge in [0.2, 0.25) is 0 Å². The average Bonchev–Trinajstić information content (AvgIpc) is 2.63. The monoisotopic (exact) mass is 329 g/mol. The Morgan fingerprint density at radius 2 is 1.71 bits per heavy atom. The summed E-state index contributed by atoms with van der Waals surface area (Å²) in [6, 6.07) is 8.60. The highest BCUT2D eigenvalue weighted by Crippen LogP contribution is 2.21. The molecule has 2 saturated heterocycles. The number of rotatable bonds is 4. The average molecular weight is 329 g/mol. The minimum absolute atomic E-state index is 0.208. The van der Waals surface area contributed by atoms with Crippen molar-refractivity contribution in [2.75, 3.05) is 45.8 Å². The molecule has 132 valence electrons. The summed E-state index contributed by atoms with van der Waals surface area (Å²) < 4.78 is 0. The maximum absolute atomic E-state index is 12.7. The van der Waals surface area contributed by atoms with Gasteiger partial charge in [-0.1, -0.05) is 25.1 Å². The second-order valence-electron chi connectivity index (χ2n) is 7.22. The van der Waals surface area contributed by atoms with Crippen molar-refractivity contribution in [2.45, 2.75) is 39.2 Å². The van der Waals surface area contributed by atoms with Crippen LogP contribution < -0.4 is 0 Å². The van der Waals surface area contributed by atoms with Crippen molar-refractivity contribution in [2.24, 2.45) is 0 Å². The number of hydrogen-bond donors (Lipinski definition) is 0. The van der Waals surface area contributed by atoms with Crippen molar-refractivity contribution in [3.05, 3.63) is 35.4 Å². The summed E-state index contributed by atoms with van der Waals surface area (Å²) >= 11 is 0. The molecule has 1 amide bonds. The molecule has 2 heterocycles. The number of likely N-dealkylation sites (tertiary alicyclic amines) is 1. The van der Waals surface area contributed by atoms with Crippen LogP contribution in [0, 0.1) is 6.92 Å². The highest BCUT2D eigenvalue weighted by atomic mass is 16.2. The van der Waals surface area contributed by atoms with Gasteiger partial charge in [-0.3, -0.25) is 9.69 Å². The molecule has 2 fully saturated rings. The number of carbonyl (C=O) groups is 1. The van der Waals surface area contributed by atoms with E-state index in [2.05, 4.69) is 16.7 Å². The van der Waals surface area contributed by atoms with E-state index in [1.807, 2.05) is 36.1 Å². The molecule has 2 aliphatic heterocycles. The molecule has 4 heteroatoms. The molecule has 1 aromatic rings. The third-order valence-corrected chi connectivity index (χ3v) is 5.59. The molecular formula is C20H31N3O. The topological polar surface area (TPSA) is 26.8 Å². The van der Waals surface area contributed by atoms with E-state index in [1.165, 1.54) is 39.1 Å². The standard InChI is InChI=1S/C20H31N3O/c1-3-10-21-13-15-22(16-14-21)18-8-11-23(12-9-18)20(24)19-7-5-4-6-17(19)2/h4-7,18H,3,8-16H2,1-2H3. The van der Waals surface area contributed by atoms with Crippen LogP contribution in [-0.4, -0.2) is 72.5 Å². The zero-order valence-corrected chi connectivity index (χ0v) is 15.2. The molecule has 0 unspecified atom stereocenters. The highest BCUT2D eigenvalue weighted by molar-refractivity contribution is 5.95. The van der Waals surface area contributed by atoms with E-state index in [4.69, 9.17) is 0 Å². The van der Waals surface area contributed by atoms with Crippen LogP contribution >= 0.6 is 0 Å². The molecule has 0 bridgehead atoms. The summed E-state index contributed by atoms with van der Waals surface area (Å²) in [6.07, 6.45) is 3.48. The Bertz CT molecular complexity index is 544. The molecule has 0 aromatic heterocycles. The highest BCUT2D eigenvalue weighted by Gasteiger charge is 2.29. The third kappa shape index (κ3) is 3.98. The Hall–Kier alpha value is -1.39. The first-order chi connectivity index (χ1) is 11.7. The van der Waals surface area contributed by atoms with Crippen molar-refractivity contribution in [1.29, 1.82) is 0 Å². The Morgan fingerprint density at radius 3 is 2.33 bits per heavy atom. The first-order valence-corrected chi connectivity index (χ1v) is 9.50. The SMILES string of the molecule is CCCN1CCN(C2CCN(C(=O)c3ccccc3C)CC2)CC1. The second-order valence-corrected chi connectivity index (χ2v) is 7.22. The lowest BCUT2D eigenvalue weighted by Crippen LogP contribution is -2.53. The molecule has 2 aliphatic rings. The van der Waals surface area contributed by atoms with E-state index in [-0.39, 0.29) is 5.91 Å². The lowest BCUT2D eigenvalue weighted by atomic mass is 10.0. The van der Waals surface area contributed by atoms with Gasteiger partial charge in [-0.2, -0.15) is 0 Å². The van der Waals surface area contributed by atoms with Gasteiger partial charge >= 0.3 is 0 Å². The number of piperazine rings is 1. The van der Waals surface area contributed by atoms with Crippen LogP contribution in [-0.2, 0) is 0 Å². The fourth-order valence-corrected chi connectivity index (χ4v) is 4.09. The molecule has 0 aliphatic carbocycles. The van der Waals surface area contributed by atoms with E-state index < -0.39 is 0 Å². The molecule has 1 aromatic carbocycles. The van der Waals surface area contributed by atoms with Gasteiger partial charge in [-0.05, 0) is 44.4 Å². The molecular weight excluding hydrogens is 298 g/mol. The van der Waals surface area contributed by atoms with Crippen LogP contribution in [0.1, 0.15) is 42.1 Å². The van der Waals surface area contributed by atoms with Gasteiger partial charge < -0.3 is 9.80 Å². The molecule has 0 radical (unpaired) electrons. The predicted molar refractivity (Wildman–Crippen MR) is 98.4 cm³/mol. The summed E-state index contributed by atoms with van der Waals surface area (Å²) in [4.78, 5) is 20.0. The number of carbonyl (C=O) groups excluding carboxylic acids is 1. The number of hydrogen-bond acceptors (Lipinski definition) is 3. The van der Waals surface area contributed by atoms with Crippen LogP contribution in [0.3, 0.4) is 0 Å². The number of piperidine rings is 1. The predicted octanol–water partition coefficient (Wildman–Crippen LogP) is 2.63. The molecule has 0 N–H and O–H groups in total. The van der Waals surface area contributed by atoms with E-state index in [9.17, 15) is 4.79 Å². The largest absolute Gasteiger partial charge is 0.339 e. The van der Waals surface area contributed by atoms with Crippen molar-refractivity contribution >= 4 is 5.91 Å². The summed E-state index contributed by atoms with van der Waals surface area (Å²) in [7, 11) is 0. The molecule has 4 nitrogen and oxygen atoms in total. The third-order valence-electron chi connectivity index (χ3n) is 5.59. The van der Waals surface area contributed by atoms with Gasteiger partial charge in [0.1, 0.15) is 0 Å². The summed E-state index contributed by atoms with van der Waals surface area (Å²) in [6.45, 7) is 12.1. The fourth-order valence-electron chi connectivity index (χ4n) is 4.09. The molecule has 3 rings (SSSR count). The van der Waals surface area contributed by atoms with Gasteiger partial charge in [-0.15, -0.1) is 0 Å². The van der Waals surface area contributed by atoms with Crippen molar-refractivity contribution in [3.63, 3.8) is 0 Å². The smallest absolute Gasteiger partial charge is 0.254 e. The van der Waals surface area contributed by atoms with Crippen LogP contribution in [0.2, 0.25) is 0 Å². The van der Waals surface area contributed by atoms with Crippen molar-refractivity contribution < 1.29 is 4.79 Å². The zero-order valence-electron chi connectivity index (χ0n) is 15.2. The van der Waals surface area contributed by atoms with E-state index in [0.717, 1.165) is 37.1 Å². The lowest BCUT2D eigenvalue weighted by Gasteiger charge is -2.42. The Labute approximate surface area is 146 Å². The second kappa shape index (κ2) is 8.13. The van der Waals surface area contributed by atoms with Crippen LogP contribution in [0.15, 0.2) is 24.3 Å². The number of amides is 1. The van der Waals surface area contributed by atoms with Crippen LogP contribution in [0.5, 0.6) is 0 Å². The van der Waals surface area contributed by atoms with Gasteiger partial charge in [0, 0.05) is 50.9 Å². The summed E-state index contributed by atoms with van der Waals surface area (Å²) in [5.74, 6) is 0.208. The van der Waals surface area contributed by atoms with E-state index in [1.54, 1.807) is 0 Å². The minimum Gasteiger partial charge on any atom is -0.339 e. The molecule has 0 atom stereocenters. The van der Waals surface area contributed by atoms with E-state index in [0.29, 0.717) is 6.04 Å². The Kier molecular flexibility index (Phi) is 5.90. The maximum Gasteiger partial charge on any atom is 0.254 e. The normalized spacial score (nSPS) is 21.2. The van der Waals surface area contributed by atoms with Crippen LogP contribution in [0.4, 0.5) is 0 Å². The first kappa shape index (κ1) is 17.4. The zero-order chi connectivity index (χ0) is 16.9. The Morgan fingerprint density at radius 1 is 1.04 bits per heavy atom. The summed E-state index contributed by atoms with van der Waals surface area (Å²) in [5.41, 5.74) is 1.95. The number of aryl methyl sites for hydroxylation is 1.